The third-order valence-corrected chi connectivity index (χ3v) is 7.08. The third kappa shape index (κ3) is 13.2. The molecule has 12 heteroatoms. The standard InChI is InChI=1S/C35H42N4O8/c1-46-27-16-17-28(30(40)22-27)33(26-14-8-5-9-15-26)37-21-11-3-2-10-20-36-31(41)19-18-29(34(44)38-23-32(42)43)39-35(45)47-24-25-12-6-4-7-13-25/h4-9,12-17,22,29,40H,2-3,10-11,18-21,23-24H2,1H3,(H,36,41)(H,38,44)(H,39,45)(H,42,43)/t29-/m0/s1. The largest absolute Gasteiger partial charge is 0.507 e. The van der Waals surface area contributed by atoms with Gasteiger partial charge in [0.15, 0.2) is 0 Å². The second kappa shape index (κ2) is 19.9. The van der Waals surface area contributed by atoms with Gasteiger partial charge in [-0.2, -0.15) is 0 Å². The van der Waals surface area contributed by atoms with Crippen molar-refractivity contribution in [1.29, 1.82) is 0 Å². The molecule has 0 saturated heterocycles. The predicted octanol–water partition coefficient (Wildman–Crippen LogP) is 4.19. The molecule has 12 nitrogen and oxygen atoms in total. The zero-order chi connectivity index (χ0) is 33.9. The van der Waals surface area contributed by atoms with E-state index in [2.05, 4.69) is 16.0 Å². The van der Waals surface area contributed by atoms with E-state index in [1.807, 2.05) is 36.4 Å². The van der Waals surface area contributed by atoms with E-state index in [0.29, 0.717) is 30.1 Å². The van der Waals surface area contributed by atoms with Gasteiger partial charge in [-0.1, -0.05) is 73.5 Å². The normalized spacial score (nSPS) is 11.6. The van der Waals surface area contributed by atoms with E-state index in [1.54, 1.807) is 49.6 Å². The SMILES string of the molecule is COc1ccc(C(=NCCCCCCNC(=O)CC[C@H](NC(=O)OCc2ccccc2)C(=O)NCC(=O)O)c2ccccc2)c(O)c1. The van der Waals surface area contributed by atoms with Gasteiger partial charge in [0, 0.05) is 36.7 Å². The van der Waals surface area contributed by atoms with Crippen molar-refractivity contribution in [2.45, 2.75) is 51.2 Å². The van der Waals surface area contributed by atoms with Gasteiger partial charge in [0.2, 0.25) is 11.8 Å². The molecule has 47 heavy (non-hydrogen) atoms. The molecule has 0 aromatic heterocycles. The van der Waals surface area contributed by atoms with Crippen molar-refractivity contribution in [2.75, 3.05) is 26.7 Å². The Labute approximate surface area is 274 Å². The number of aliphatic imine (C=N–C) groups is 1. The average molecular weight is 647 g/mol. The highest BCUT2D eigenvalue weighted by molar-refractivity contribution is 6.14. The number of rotatable bonds is 19. The lowest BCUT2D eigenvalue weighted by Crippen LogP contribution is -2.48. The number of carboxylic acid groups (broad SMARTS) is 1. The molecule has 1 atom stereocenters. The second-order valence-corrected chi connectivity index (χ2v) is 10.7. The third-order valence-electron chi connectivity index (χ3n) is 7.08. The zero-order valence-corrected chi connectivity index (χ0v) is 26.4. The number of nitrogens with zero attached hydrogens (tertiary/aromatic N) is 1. The quantitative estimate of drug-likeness (QED) is 0.0952. The maximum atomic E-state index is 12.5. The summed E-state index contributed by atoms with van der Waals surface area (Å²) in [7, 11) is 1.54. The van der Waals surface area contributed by atoms with Crippen LogP contribution in [-0.2, 0) is 25.7 Å². The van der Waals surface area contributed by atoms with Crippen LogP contribution in [0.1, 0.15) is 55.2 Å². The number of amides is 3. The lowest BCUT2D eigenvalue weighted by Gasteiger charge is -2.18. The topological polar surface area (TPSA) is 176 Å². The van der Waals surface area contributed by atoms with Crippen LogP contribution in [0, 0.1) is 0 Å². The number of carbonyl (C=O) groups excluding carboxylic acids is 3. The van der Waals surface area contributed by atoms with Gasteiger partial charge in [-0.25, -0.2) is 4.79 Å². The van der Waals surface area contributed by atoms with Crippen LogP contribution in [0.25, 0.3) is 0 Å². The van der Waals surface area contributed by atoms with Gasteiger partial charge in [0.1, 0.15) is 30.7 Å². The number of hydrogen-bond acceptors (Lipinski definition) is 8. The van der Waals surface area contributed by atoms with Gasteiger partial charge >= 0.3 is 12.1 Å². The first kappa shape index (κ1) is 36.1. The number of aliphatic carboxylic acids is 1. The fraction of sp³-hybridized carbons (Fsp3) is 0.343. The van der Waals surface area contributed by atoms with Crippen LogP contribution in [0.15, 0.2) is 83.9 Å². The smallest absolute Gasteiger partial charge is 0.408 e. The zero-order valence-electron chi connectivity index (χ0n) is 26.4. The molecule has 0 radical (unpaired) electrons. The summed E-state index contributed by atoms with van der Waals surface area (Å²) in [5.41, 5.74) is 2.98. The molecule has 0 aliphatic carbocycles. The summed E-state index contributed by atoms with van der Waals surface area (Å²) >= 11 is 0. The number of alkyl carbamates (subject to hydrolysis) is 1. The molecule has 0 aliphatic rings. The number of carbonyl (C=O) groups is 4. The minimum Gasteiger partial charge on any atom is -0.507 e. The average Bonchev–Trinajstić information content (AvgIpc) is 3.08. The summed E-state index contributed by atoms with van der Waals surface area (Å²) in [6, 6.07) is 22.6. The summed E-state index contributed by atoms with van der Waals surface area (Å²) in [4.78, 5) is 52.9. The van der Waals surface area contributed by atoms with E-state index in [1.165, 1.54) is 0 Å². The molecule has 0 fully saturated rings. The maximum absolute atomic E-state index is 12.5. The van der Waals surface area contributed by atoms with E-state index in [-0.39, 0.29) is 31.1 Å². The molecule has 5 N–H and O–H groups in total. The van der Waals surface area contributed by atoms with Gasteiger partial charge in [-0.15, -0.1) is 0 Å². The molecule has 0 aliphatic heterocycles. The van der Waals surface area contributed by atoms with E-state index in [4.69, 9.17) is 19.6 Å². The van der Waals surface area contributed by atoms with Gasteiger partial charge in [0.25, 0.3) is 0 Å². The fourth-order valence-electron chi connectivity index (χ4n) is 4.60. The number of ether oxygens (including phenoxy) is 2. The van der Waals surface area contributed by atoms with Crippen molar-refractivity contribution in [3.63, 3.8) is 0 Å². The maximum Gasteiger partial charge on any atom is 0.408 e. The van der Waals surface area contributed by atoms with Crippen LogP contribution in [0.4, 0.5) is 4.79 Å². The number of phenols is 1. The Balaban J connectivity index is 1.40. The van der Waals surface area contributed by atoms with Crippen molar-refractivity contribution in [1.82, 2.24) is 16.0 Å². The van der Waals surface area contributed by atoms with Crippen LogP contribution in [0.3, 0.4) is 0 Å². The van der Waals surface area contributed by atoms with Crippen LogP contribution < -0.4 is 20.7 Å². The highest BCUT2D eigenvalue weighted by atomic mass is 16.5. The number of carboxylic acids is 1. The molecule has 250 valence electrons. The summed E-state index contributed by atoms with van der Waals surface area (Å²) < 4.78 is 10.4. The number of phenolic OH excluding ortho intramolecular Hbond substituents is 1. The van der Waals surface area contributed by atoms with Crippen LogP contribution in [-0.4, -0.2) is 72.6 Å². The molecular weight excluding hydrogens is 604 g/mol. The lowest BCUT2D eigenvalue weighted by molar-refractivity contribution is -0.138. The number of benzene rings is 3. The van der Waals surface area contributed by atoms with Crippen molar-refractivity contribution >= 4 is 29.6 Å². The minimum atomic E-state index is -1.23. The van der Waals surface area contributed by atoms with E-state index >= 15 is 0 Å². The van der Waals surface area contributed by atoms with E-state index < -0.39 is 30.6 Å². The van der Waals surface area contributed by atoms with Crippen LogP contribution in [0.2, 0.25) is 0 Å². The monoisotopic (exact) mass is 646 g/mol. The van der Waals surface area contributed by atoms with Crippen molar-refractivity contribution in [3.8, 4) is 11.5 Å². The highest BCUT2D eigenvalue weighted by Gasteiger charge is 2.23. The summed E-state index contributed by atoms with van der Waals surface area (Å²) in [6.07, 6.45) is 2.36. The predicted molar refractivity (Wildman–Crippen MR) is 177 cm³/mol. The molecule has 0 unspecified atom stereocenters. The summed E-state index contributed by atoms with van der Waals surface area (Å²) in [5.74, 6) is -1.60. The molecular formula is C35H42N4O8. The highest BCUT2D eigenvalue weighted by Crippen LogP contribution is 2.26. The number of aromatic hydroxyl groups is 1. The number of methoxy groups -OCH3 is 1. The van der Waals surface area contributed by atoms with Gasteiger partial charge in [-0.3, -0.25) is 19.4 Å². The Hall–Kier alpha value is -5.39. The fourth-order valence-corrected chi connectivity index (χ4v) is 4.60. The van der Waals surface area contributed by atoms with E-state index in [9.17, 15) is 24.3 Å². The van der Waals surface area contributed by atoms with Crippen molar-refractivity contribution < 1.29 is 38.9 Å². The van der Waals surface area contributed by atoms with Gasteiger partial charge in [0.05, 0.1) is 12.8 Å². The minimum absolute atomic E-state index is 0.0105. The number of hydrogen-bond donors (Lipinski definition) is 5. The Morgan fingerprint density at radius 2 is 1.57 bits per heavy atom. The molecule has 3 rings (SSSR count). The van der Waals surface area contributed by atoms with Crippen LogP contribution in [0.5, 0.6) is 11.5 Å². The van der Waals surface area contributed by atoms with E-state index in [0.717, 1.165) is 36.8 Å². The first-order valence-corrected chi connectivity index (χ1v) is 15.5. The Morgan fingerprint density at radius 1 is 0.872 bits per heavy atom. The molecule has 3 amide bonds. The molecule has 0 bridgehead atoms. The van der Waals surface area contributed by atoms with Gasteiger partial charge < -0.3 is 35.6 Å². The number of unbranched alkanes of at least 4 members (excludes halogenated alkanes) is 3. The van der Waals surface area contributed by atoms with Gasteiger partial charge in [-0.05, 0) is 37.0 Å². The second-order valence-electron chi connectivity index (χ2n) is 10.7. The van der Waals surface area contributed by atoms with Crippen molar-refractivity contribution in [3.05, 3.63) is 95.6 Å². The Bertz CT molecular complexity index is 1480. The molecule has 0 heterocycles. The lowest BCUT2D eigenvalue weighted by atomic mass is 10.0. The first-order valence-electron chi connectivity index (χ1n) is 15.5. The Morgan fingerprint density at radius 3 is 2.26 bits per heavy atom. The summed E-state index contributed by atoms with van der Waals surface area (Å²) in [5, 5.41) is 26.9. The summed E-state index contributed by atoms with van der Waals surface area (Å²) in [6.45, 7) is 0.377. The van der Waals surface area contributed by atoms with Crippen LogP contribution >= 0.6 is 0 Å². The Kier molecular flexibility index (Phi) is 15.3. The first-order chi connectivity index (χ1) is 22.8. The molecule has 3 aromatic carbocycles. The molecule has 0 spiro atoms. The molecule has 3 aromatic rings. The number of nitrogens with one attached hydrogen (secondary N) is 3. The van der Waals surface area contributed by atoms with Crippen molar-refractivity contribution in [2.24, 2.45) is 4.99 Å². The molecule has 0 saturated carbocycles.